The number of nitrogens with one attached hydrogen (secondary N) is 2. The van der Waals surface area contributed by atoms with Crippen LogP contribution in [0.3, 0.4) is 0 Å². The highest BCUT2D eigenvalue weighted by atomic mass is 19.1. The fraction of sp³-hybridized carbons (Fsp3) is 0.350. The van der Waals surface area contributed by atoms with Crippen LogP contribution in [0.5, 0.6) is 11.5 Å². The summed E-state index contributed by atoms with van der Waals surface area (Å²) < 4.78 is 23.7. The molecule has 7 heteroatoms. The van der Waals surface area contributed by atoms with Crippen LogP contribution >= 0.6 is 0 Å². The van der Waals surface area contributed by atoms with Crippen molar-refractivity contribution in [2.75, 3.05) is 26.4 Å². The summed E-state index contributed by atoms with van der Waals surface area (Å²) in [6, 6.07) is 11.7. The molecule has 0 saturated heterocycles. The number of rotatable bonds is 7. The summed E-state index contributed by atoms with van der Waals surface area (Å²) in [4.78, 5) is 4.41. The predicted molar refractivity (Wildman–Crippen MR) is 102 cm³/mol. The average Bonchev–Trinajstić information content (AvgIpc) is 3.14. The zero-order valence-corrected chi connectivity index (χ0v) is 15.2. The number of aliphatic hydroxyl groups is 1. The lowest BCUT2D eigenvalue weighted by atomic mass is 10.1. The molecule has 2 aromatic carbocycles. The average molecular weight is 373 g/mol. The van der Waals surface area contributed by atoms with Crippen molar-refractivity contribution >= 4 is 5.96 Å². The Morgan fingerprint density at radius 2 is 1.93 bits per heavy atom. The van der Waals surface area contributed by atoms with Crippen molar-refractivity contribution in [2.45, 2.75) is 19.4 Å². The molecular weight excluding hydrogens is 349 g/mol. The van der Waals surface area contributed by atoms with Crippen LogP contribution in [0.4, 0.5) is 4.39 Å². The highest BCUT2D eigenvalue weighted by molar-refractivity contribution is 5.79. The van der Waals surface area contributed by atoms with E-state index in [0.717, 1.165) is 23.5 Å². The van der Waals surface area contributed by atoms with E-state index < -0.39 is 6.10 Å². The number of hydrogen-bond donors (Lipinski definition) is 3. The molecular formula is C20H24FN3O3. The number of nitrogens with zero attached hydrogens (tertiary/aromatic N) is 1. The van der Waals surface area contributed by atoms with Crippen LogP contribution in [-0.4, -0.2) is 37.5 Å². The molecule has 1 atom stereocenters. The maximum atomic E-state index is 13.0. The van der Waals surface area contributed by atoms with Crippen molar-refractivity contribution in [1.29, 1.82) is 0 Å². The first-order valence-electron chi connectivity index (χ1n) is 9.00. The quantitative estimate of drug-likeness (QED) is 0.513. The van der Waals surface area contributed by atoms with Crippen LogP contribution in [0.25, 0.3) is 0 Å². The minimum Gasteiger partial charge on any atom is -0.454 e. The molecule has 0 bridgehead atoms. The van der Waals surface area contributed by atoms with Gasteiger partial charge in [0, 0.05) is 13.1 Å². The first kappa shape index (κ1) is 19.0. The summed E-state index contributed by atoms with van der Waals surface area (Å²) in [5.74, 6) is 1.85. The summed E-state index contributed by atoms with van der Waals surface area (Å²) in [6.07, 6.45) is 0.0107. The van der Waals surface area contributed by atoms with Gasteiger partial charge in [-0.05, 0) is 48.7 Å². The van der Waals surface area contributed by atoms with Gasteiger partial charge >= 0.3 is 0 Å². The van der Waals surface area contributed by atoms with Gasteiger partial charge in [0.15, 0.2) is 17.5 Å². The Hall–Kier alpha value is -2.80. The van der Waals surface area contributed by atoms with E-state index in [4.69, 9.17) is 9.47 Å². The van der Waals surface area contributed by atoms with Gasteiger partial charge in [0.1, 0.15) is 5.82 Å². The van der Waals surface area contributed by atoms with Gasteiger partial charge in [0.2, 0.25) is 6.79 Å². The number of hydrogen-bond acceptors (Lipinski definition) is 4. The van der Waals surface area contributed by atoms with Gasteiger partial charge in [-0.25, -0.2) is 4.39 Å². The molecule has 27 heavy (non-hydrogen) atoms. The molecule has 1 unspecified atom stereocenters. The van der Waals surface area contributed by atoms with Gasteiger partial charge in [-0.3, -0.25) is 4.99 Å². The normalized spacial score (nSPS) is 14.1. The number of aliphatic hydroxyl groups excluding tert-OH is 1. The van der Waals surface area contributed by atoms with E-state index in [0.29, 0.717) is 24.6 Å². The summed E-state index contributed by atoms with van der Waals surface area (Å²) in [7, 11) is 0. The Morgan fingerprint density at radius 1 is 1.15 bits per heavy atom. The molecule has 6 nitrogen and oxygen atoms in total. The Kier molecular flexibility index (Phi) is 6.49. The Balaban J connectivity index is 1.52. The summed E-state index contributed by atoms with van der Waals surface area (Å²) in [5.41, 5.74) is 1.77. The lowest BCUT2D eigenvalue weighted by Crippen LogP contribution is -2.38. The molecule has 144 valence electrons. The van der Waals surface area contributed by atoms with Crippen molar-refractivity contribution in [2.24, 2.45) is 4.99 Å². The standard InChI is InChI=1S/C20H24FN3O3/c1-2-22-20(24-12-17(25)15-4-6-16(21)7-5-15)23-10-9-14-3-8-18-19(11-14)27-13-26-18/h3-8,11,17,25H,2,9-10,12-13H2,1H3,(H2,22,23,24). The molecule has 0 radical (unpaired) electrons. The largest absolute Gasteiger partial charge is 0.454 e. The molecule has 0 aliphatic carbocycles. The Bertz CT molecular complexity index is 781. The number of guanidine groups is 1. The number of halogens is 1. The monoisotopic (exact) mass is 373 g/mol. The Morgan fingerprint density at radius 3 is 2.70 bits per heavy atom. The fourth-order valence-electron chi connectivity index (χ4n) is 2.73. The molecule has 0 amide bonds. The van der Waals surface area contributed by atoms with E-state index in [1.807, 2.05) is 25.1 Å². The van der Waals surface area contributed by atoms with E-state index in [1.54, 1.807) is 12.1 Å². The van der Waals surface area contributed by atoms with Gasteiger partial charge in [-0.15, -0.1) is 0 Å². The maximum absolute atomic E-state index is 13.0. The molecule has 1 aliphatic heterocycles. The number of ether oxygens (including phenoxy) is 2. The second kappa shape index (κ2) is 9.23. The molecule has 0 spiro atoms. The van der Waals surface area contributed by atoms with Gasteiger partial charge in [-0.1, -0.05) is 18.2 Å². The summed E-state index contributed by atoms with van der Waals surface area (Å²) in [6.45, 7) is 3.82. The molecule has 3 N–H and O–H groups in total. The molecule has 2 aromatic rings. The van der Waals surface area contributed by atoms with Crippen molar-refractivity contribution in [3.8, 4) is 11.5 Å². The number of fused-ring (bicyclic) bond motifs is 1. The maximum Gasteiger partial charge on any atom is 0.231 e. The van der Waals surface area contributed by atoms with Gasteiger partial charge in [0.25, 0.3) is 0 Å². The molecule has 3 rings (SSSR count). The smallest absolute Gasteiger partial charge is 0.231 e. The third-order valence-electron chi connectivity index (χ3n) is 4.16. The molecule has 0 fully saturated rings. The highest BCUT2D eigenvalue weighted by Gasteiger charge is 2.13. The predicted octanol–water partition coefficient (Wildman–Crippen LogP) is 2.39. The summed E-state index contributed by atoms with van der Waals surface area (Å²) >= 11 is 0. The van der Waals surface area contributed by atoms with E-state index in [1.165, 1.54) is 12.1 Å². The SMILES string of the molecule is CCNC(=NCC(O)c1ccc(F)cc1)NCCc1ccc2c(c1)OCO2. The van der Waals surface area contributed by atoms with Gasteiger partial charge in [-0.2, -0.15) is 0 Å². The third-order valence-corrected chi connectivity index (χ3v) is 4.16. The zero-order valence-electron chi connectivity index (χ0n) is 15.2. The van der Waals surface area contributed by atoms with Crippen molar-refractivity contribution in [3.05, 3.63) is 59.4 Å². The van der Waals surface area contributed by atoms with Crippen LogP contribution in [0.2, 0.25) is 0 Å². The minimum atomic E-state index is -0.782. The van der Waals surface area contributed by atoms with Crippen molar-refractivity contribution in [1.82, 2.24) is 10.6 Å². The topological polar surface area (TPSA) is 75.1 Å². The molecule has 0 aromatic heterocycles. The van der Waals surface area contributed by atoms with Crippen molar-refractivity contribution in [3.63, 3.8) is 0 Å². The van der Waals surface area contributed by atoms with E-state index in [2.05, 4.69) is 15.6 Å². The number of aliphatic imine (C=N–C) groups is 1. The lowest BCUT2D eigenvalue weighted by molar-refractivity contribution is 0.174. The zero-order chi connectivity index (χ0) is 19.1. The van der Waals surface area contributed by atoms with Gasteiger partial charge in [0.05, 0.1) is 12.6 Å². The molecule has 1 aliphatic rings. The third kappa shape index (κ3) is 5.34. The number of benzene rings is 2. The van der Waals surface area contributed by atoms with Gasteiger partial charge < -0.3 is 25.2 Å². The van der Waals surface area contributed by atoms with Crippen LogP contribution in [-0.2, 0) is 6.42 Å². The van der Waals surface area contributed by atoms with E-state index in [-0.39, 0.29) is 19.2 Å². The second-order valence-corrected chi connectivity index (χ2v) is 6.15. The van der Waals surface area contributed by atoms with Crippen LogP contribution in [0, 0.1) is 5.82 Å². The summed E-state index contributed by atoms with van der Waals surface area (Å²) in [5, 5.41) is 16.6. The lowest BCUT2D eigenvalue weighted by Gasteiger charge is -2.13. The molecule has 0 saturated carbocycles. The molecule has 1 heterocycles. The van der Waals surface area contributed by atoms with E-state index >= 15 is 0 Å². The highest BCUT2D eigenvalue weighted by Crippen LogP contribution is 2.32. The fourth-order valence-corrected chi connectivity index (χ4v) is 2.73. The second-order valence-electron chi connectivity index (χ2n) is 6.15. The first-order valence-corrected chi connectivity index (χ1v) is 9.00. The van der Waals surface area contributed by atoms with Crippen LogP contribution in [0.15, 0.2) is 47.5 Å². The van der Waals surface area contributed by atoms with Crippen LogP contribution in [0.1, 0.15) is 24.2 Å². The van der Waals surface area contributed by atoms with E-state index in [9.17, 15) is 9.50 Å². The van der Waals surface area contributed by atoms with Crippen LogP contribution < -0.4 is 20.1 Å². The minimum absolute atomic E-state index is 0.186. The Labute approximate surface area is 158 Å². The first-order chi connectivity index (χ1) is 13.2. The van der Waals surface area contributed by atoms with Crippen molar-refractivity contribution < 1.29 is 19.0 Å².